The number of rotatable bonds is 2. The van der Waals surface area contributed by atoms with E-state index < -0.39 is 13.6 Å². The van der Waals surface area contributed by atoms with Crippen molar-refractivity contribution in [1.29, 1.82) is 0 Å². The zero-order chi connectivity index (χ0) is 11.7. The van der Waals surface area contributed by atoms with E-state index in [2.05, 4.69) is 20.7 Å². The second kappa shape index (κ2) is 3.74. The van der Waals surface area contributed by atoms with E-state index in [1.165, 1.54) is 12.1 Å². The van der Waals surface area contributed by atoms with Gasteiger partial charge in [-0.2, -0.15) is 0 Å². The van der Waals surface area contributed by atoms with Crippen molar-refractivity contribution < 1.29 is 11.6 Å². The molecule has 0 saturated heterocycles. The van der Waals surface area contributed by atoms with E-state index in [9.17, 15) is 0 Å². The molecule has 0 fully saturated rings. The SMILES string of the molecule is [2H]C([2H])([2H])OC([2H])([2H])c1ccc(Br)cc1. The van der Waals surface area contributed by atoms with Gasteiger partial charge in [0, 0.05) is 11.5 Å². The first-order valence-corrected chi connectivity index (χ1v) is 3.46. The summed E-state index contributed by atoms with van der Waals surface area (Å²) >= 11 is 3.20. The average Bonchev–Trinajstić information content (AvgIpc) is 2.00. The van der Waals surface area contributed by atoms with Crippen LogP contribution in [0, 0.1) is 0 Å². The second-order valence-electron chi connectivity index (χ2n) is 1.71. The van der Waals surface area contributed by atoms with E-state index >= 15 is 0 Å². The highest BCUT2D eigenvalue weighted by Crippen LogP contribution is 2.10. The Hall–Kier alpha value is -0.340. The van der Waals surface area contributed by atoms with E-state index in [4.69, 9.17) is 6.85 Å². The molecule has 0 amide bonds. The summed E-state index contributed by atoms with van der Waals surface area (Å²) in [6.45, 7) is -2.31. The standard InChI is InChI=1S/C8H9BrO/c1-10-6-7-2-4-8(9)5-3-7/h2-5H,6H2,1H3/i1D3,6D2. The van der Waals surface area contributed by atoms with Gasteiger partial charge in [0.15, 0.2) is 0 Å². The molecule has 0 N–H and O–H groups in total. The Balaban J connectivity index is 2.90. The van der Waals surface area contributed by atoms with Crippen LogP contribution in [0.4, 0.5) is 0 Å². The van der Waals surface area contributed by atoms with Crippen molar-refractivity contribution in [3.05, 3.63) is 34.3 Å². The van der Waals surface area contributed by atoms with E-state index in [1.807, 2.05) is 0 Å². The molecule has 0 aliphatic rings. The minimum absolute atomic E-state index is 0.168. The van der Waals surface area contributed by atoms with Crippen LogP contribution in [0.5, 0.6) is 0 Å². The van der Waals surface area contributed by atoms with Crippen molar-refractivity contribution in [1.82, 2.24) is 0 Å². The van der Waals surface area contributed by atoms with Gasteiger partial charge in [-0.25, -0.2) is 0 Å². The number of benzene rings is 1. The van der Waals surface area contributed by atoms with Crippen molar-refractivity contribution in [2.45, 2.75) is 6.56 Å². The van der Waals surface area contributed by atoms with Crippen LogP contribution < -0.4 is 0 Å². The average molecular weight is 206 g/mol. The van der Waals surface area contributed by atoms with E-state index in [1.54, 1.807) is 12.1 Å². The van der Waals surface area contributed by atoms with Crippen LogP contribution in [-0.2, 0) is 11.3 Å². The smallest absolute Gasteiger partial charge is 0.0713 e. The highest BCUT2D eigenvalue weighted by Gasteiger charge is 1.89. The number of ether oxygens (including phenoxy) is 1. The zero-order valence-electron chi connectivity index (χ0n) is 10.1. The molecule has 0 spiro atoms. The summed E-state index contributed by atoms with van der Waals surface area (Å²) in [5.74, 6) is 0. The first kappa shape index (κ1) is 3.37. The topological polar surface area (TPSA) is 9.23 Å². The van der Waals surface area contributed by atoms with E-state index in [0.717, 1.165) is 4.47 Å². The van der Waals surface area contributed by atoms with Crippen molar-refractivity contribution in [3.8, 4) is 0 Å². The fourth-order valence-corrected chi connectivity index (χ4v) is 0.841. The van der Waals surface area contributed by atoms with Gasteiger partial charge in [0.1, 0.15) is 0 Å². The van der Waals surface area contributed by atoms with Gasteiger partial charge in [0.2, 0.25) is 0 Å². The Labute approximate surface area is 76.2 Å². The third-order valence-electron chi connectivity index (χ3n) is 1.01. The Morgan fingerprint density at radius 2 is 2.30 bits per heavy atom. The van der Waals surface area contributed by atoms with Gasteiger partial charge in [-0.3, -0.25) is 0 Å². The molecule has 0 saturated carbocycles. The third kappa shape index (κ3) is 2.12. The summed E-state index contributed by atoms with van der Waals surface area (Å²) in [4.78, 5) is 0. The van der Waals surface area contributed by atoms with Gasteiger partial charge >= 0.3 is 0 Å². The van der Waals surface area contributed by atoms with Gasteiger partial charge in [-0.1, -0.05) is 28.1 Å². The normalized spacial score (nSPS) is 19.9. The van der Waals surface area contributed by atoms with Crippen molar-refractivity contribution >= 4 is 15.9 Å². The summed E-state index contributed by atoms with van der Waals surface area (Å²) in [6.07, 6.45) is 0. The predicted molar refractivity (Wildman–Crippen MR) is 44.9 cm³/mol. The first-order chi connectivity index (χ1) is 6.71. The lowest BCUT2D eigenvalue weighted by Gasteiger charge is -1.97. The van der Waals surface area contributed by atoms with E-state index in [0.29, 0.717) is 0 Å². The molecule has 54 valence electrons. The van der Waals surface area contributed by atoms with Crippen molar-refractivity contribution in [2.24, 2.45) is 0 Å². The van der Waals surface area contributed by atoms with Crippen LogP contribution in [-0.4, -0.2) is 7.04 Å². The number of hydrogen-bond acceptors (Lipinski definition) is 1. The fraction of sp³-hybridized carbons (Fsp3) is 0.250. The maximum Gasteiger partial charge on any atom is 0.0713 e. The highest BCUT2D eigenvalue weighted by molar-refractivity contribution is 9.10. The Kier molecular flexibility index (Phi) is 1.26. The summed E-state index contributed by atoms with van der Waals surface area (Å²) < 4.78 is 40.6. The molecule has 0 aromatic heterocycles. The monoisotopic (exact) mass is 205 g/mol. The number of halogens is 1. The summed E-state index contributed by atoms with van der Waals surface area (Å²) in [6, 6.07) is 6.18. The number of methoxy groups -OCH3 is 1. The molecule has 1 aromatic rings. The minimum atomic E-state index is -2.75. The molecule has 1 nitrogen and oxygen atoms in total. The molecule has 1 aromatic carbocycles. The lowest BCUT2D eigenvalue weighted by molar-refractivity contribution is 0.185. The van der Waals surface area contributed by atoms with Crippen LogP contribution in [0.2, 0.25) is 0 Å². The molecule has 1 rings (SSSR count). The zero-order valence-corrected chi connectivity index (χ0v) is 6.68. The fourth-order valence-electron chi connectivity index (χ4n) is 0.577. The van der Waals surface area contributed by atoms with Gasteiger partial charge in [-0.05, 0) is 17.7 Å². The maximum atomic E-state index is 7.46. The Bertz CT molecular complexity index is 332. The van der Waals surface area contributed by atoms with Gasteiger partial charge in [0.05, 0.1) is 13.4 Å². The minimum Gasteiger partial charge on any atom is -0.380 e. The lowest BCUT2D eigenvalue weighted by atomic mass is 10.2. The van der Waals surface area contributed by atoms with Gasteiger partial charge in [-0.15, -0.1) is 0 Å². The van der Waals surface area contributed by atoms with Crippen LogP contribution in [0.15, 0.2) is 28.7 Å². The molecule has 0 heterocycles. The van der Waals surface area contributed by atoms with Crippen molar-refractivity contribution in [2.75, 3.05) is 7.04 Å². The van der Waals surface area contributed by atoms with Crippen molar-refractivity contribution in [3.63, 3.8) is 0 Å². The molecule has 0 bridgehead atoms. The summed E-state index contributed by atoms with van der Waals surface area (Å²) in [7, 11) is -2.75. The second-order valence-corrected chi connectivity index (χ2v) is 2.63. The Morgan fingerprint density at radius 1 is 1.60 bits per heavy atom. The lowest BCUT2D eigenvalue weighted by Crippen LogP contribution is -1.85. The molecule has 0 aliphatic heterocycles. The molecule has 2 heteroatoms. The Morgan fingerprint density at radius 3 is 2.90 bits per heavy atom. The highest BCUT2D eigenvalue weighted by atomic mass is 79.9. The van der Waals surface area contributed by atoms with Gasteiger partial charge in [0.25, 0.3) is 0 Å². The molecular formula is C8H9BrO. The van der Waals surface area contributed by atoms with Gasteiger partial charge < -0.3 is 4.74 Å². The molecule has 10 heavy (non-hydrogen) atoms. The first-order valence-electron chi connectivity index (χ1n) is 5.17. The molecule has 0 aliphatic carbocycles. The molecular weight excluding hydrogens is 192 g/mol. The third-order valence-corrected chi connectivity index (χ3v) is 1.54. The molecule has 0 unspecified atom stereocenters. The molecule has 0 atom stereocenters. The number of hydrogen-bond donors (Lipinski definition) is 0. The van der Waals surface area contributed by atoms with Crippen LogP contribution in [0.3, 0.4) is 0 Å². The maximum absolute atomic E-state index is 7.46. The summed E-state index contributed by atoms with van der Waals surface area (Å²) in [5, 5.41) is 0. The predicted octanol–water partition coefficient (Wildman–Crippen LogP) is 2.60. The van der Waals surface area contributed by atoms with E-state index in [-0.39, 0.29) is 5.56 Å². The quantitative estimate of drug-likeness (QED) is 0.722. The largest absolute Gasteiger partial charge is 0.380 e. The molecule has 0 radical (unpaired) electrons. The van der Waals surface area contributed by atoms with Crippen LogP contribution in [0.1, 0.15) is 12.4 Å². The van der Waals surface area contributed by atoms with Crippen LogP contribution >= 0.6 is 15.9 Å². The summed E-state index contributed by atoms with van der Waals surface area (Å²) in [5.41, 5.74) is 0.168. The van der Waals surface area contributed by atoms with Crippen LogP contribution in [0.25, 0.3) is 0 Å².